The molecule has 2 aliphatic rings. The van der Waals surface area contributed by atoms with Gasteiger partial charge in [0.15, 0.2) is 5.72 Å². The highest BCUT2D eigenvalue weighted by Gasteiger charge is 2.50. The monoisotopic (exact) mass is 499 g/mol. The number of H-pyrrole nitrogens is 1. The number of hydrogen-bond donors (Lipinski definition) is 3. The van der Waals surface area contributed by atoms with Gasteiger partial charge < -0.3 is 24.5 Å². The number of carbonyl (C=O) groups excluding carboxylic acids is 2. The maximum atomic E-state index is 13.7. The summed E-state index contributed by atoms with van der Waals surface area (Å²) in [5.41, 5.74) is 2.28. The van der Waals surface area contributed by atoms with Gasteiger partial charge in [-0.05, 0) is 36.4 Å². The first-order valence-electron chi connectivity index (χ1n) is 11.9. The second kappa shape index (κ2) is 8.91. The maximum absolute atomic E-state index is 13.7. The van der Waals surface area contributed by atoms with Gasteiger partial charge in [-0.1, -0.05) is 30.3 Å². The van der Waals surface area contributed by atoms with Crippen LogP contribution in [0.5, 0.6) is 0 Å². The number of aromatic amines is 1. The third-order valence-corrected chi connectivity index (χ3v) is 6.82. The summed E-state index contributed by atoms with van der Waals surface area (Å²) < 4.78 is 10.1. The Bertz CT molecular complexity index is 1510. The van der Waals surface area contributed by atoms with E-state index in [0.717, 1.165) is 18.8 Å². The number of imidazole rings is 1. The van der Waals surface area contributed by atoms with Gasteiger partial charge in [-0.25, -0.2) is 9.78 Å². The summed E-state index contributed by atoms with van der Waals surface area (Å²) in [7, 11) is 1.27. The Morgan fingerprint density at radius 3 is 2.68 bits per heavy atom. The van der Waals surface area contributed by atoms with E-state index in [9.17, 15) is 14.7 Å². The largest absolute Gasteiger partial charge is 0.453 e. The van der Waals surface area contributed by atoms with Crippen LogP contribution in [0.25, 0.3) is 11.0 Å². The Morgan fingerprint density at radius 1 is 1.08 bits per heavy atom. The summed E-state index contributed by atoms with van der Waals surface area (Å²) in [5.74, 6) is -0.0867. The van der Waals surface area contributed by atoms with Crippen LogP contribution < -0.4 is 15.1 Å². The molecule has 4 aromatic rings. The number of anilines is 3. The molecule has 2 amide bonds. The smallest absolute Gasteiger partial charge is 0.413 e. The van der Waals surface area contributed by atoms with E-state index in [-0.39, 0.29) is 11.9 Å². The van der Waals surface area contributed by atoms with Crippen LogP contribution in [0.4, 0.5) is 22.1 Å². The molecule has 1 atom stereocenters. The van der Waals surface area contributed by atoms with Crippen molar-refractivity contribution >= 4 is 40.4 Å². The van der Waals surface area contributed by atoms with Gasteiger partial charge in [0.1, 0.15) is 0 Å². The van der Waals surface area contributed by atoms with E-state index < -0.39 is 11.8 Å². The van der Waals surface area contributed by atoms with Crippen LogP contribution in [0.2, 0.25) is 0 Å². The number of amides is 2. The number of nitrogens with one attached hydrogen (secondary N) is 2. The molecule has 1 unspecified atom stereocenters. The van der Waals surface area contributed by atoms with Gasteiger partial charge in [-0.2, -0.15) is 0 Å². The predicted molar refractivity (Wildman–Crippen MR) is 138 cm³/mol. The zero-order valence-corrected chi connectivity index (χ0v) is 20.1. The van der Waals surface area contributed by atoms with Crippen molar-refractivity contribution in [3.05, 3.63) is 83.4 Å². The Labute approximate surface area is 212 Å². The van der Waals surface area contributed by atoms with E-state index >= 15 is 0 Å². The number of aromatic nitrogens is 2. The molecule has 0 bridgehead atoms. The fourth-order valence-electron chi connectivity index (χ4n) is 5.03. The molecule has 1 fully saturated rings. The molecule has 0 aliphatic carbocycles. The average Bonchev–Trinajstić information content (AvgIpc) is 3.44. The van der Waals surface area contributed by atoms with Gasteiger partial charge in [-0.15, -0.1) is 0 Å². The Morgan fingerprint density at radius 2 is 1.86 bits per heavy atom. The van der Waals surface area contributed by atoms with Crippen molar-refractivity contribution in [2.45, 2.75) is 5.72 Å². The van der Waals surface area contributed by atoms with Crippen molar-refractivity contribution in [2.24, 2.45) is 0 Å². The summed E-state index contributed by atoms with van der Waals surface area (Å²) in [6.45, 7) is 2.77. The molecule has 188 valence electrons. The molecule has 6 rings (SSSR count). The number of fused-ring (bicyclic) bond motifs is 2. The van der Waals surface area contributed by atoms with Gasteiger partial charge in [0.2, 0.25) is 5.95 Å². The number of rotatable bonds is 4. The third kappa shape index (κ3) is 3.78. The molecule has 0 spiro atoms. The molecule has 0 saturated carbocycles. The number of ether oxygens (including phenoxy) is 2. The topological polar surface area (TPSA) is 120 Å². The van der Waals surface area contributed by atoms with Crippen LogP contribution in [-0.2, 0) is 15.2 Å². The van der Waals surface area contributed by atoms with Crippen LogP contribution in [0.3, 0.4) is 0 Å². The highest BCUT2D eigenvalue weighted by atomic mass is 16.5. The molecule has 10 nitrogen and oxygen atoms in total. The van der Waals surface area contributed by atoms with Crippen molar-refractivity contribution in [2.75, 3.05) is 48.5 Å². The number of benzene rings is 3. The molecule has 3 N–H and O–H groups in total. The molecular formula is C27H25N5O5. The molecule has 3 aromatic carbocycles. The van der Waals surface area contributed by atoms with Crippen molar-refractivity contribution in [1.82, 2.24) is 9.97 Å². The van der Waals surface area contributed by atoms with Gasteiger partial charge in [0, 0.05) is 41.2 Å². The van der Waals surface area contributed by atoms with Crippen molar-refractivity contribution in [1.29, 1.82) is 0 Å². The average molecular weight is 500 g/mol. The van der Waals surface area contributed by atoms with Crippen molar-refractivity contribution in [3.8, 4) is 0 Å². The third-order valence-electron chi connectivity index (χ3n) is 6.82. The van der Waals surface area contributed by atoms with E-state index in [0.29, 0.717) is 46.6 Å². The fraction of sp³-hybridized carbons (Fsp3) is 0.222. The van der Waals surface area contributed by atoms with E-state index in [1.54, 1.807) is 42.5 Å². The minimum Gasteiger partial charge on any atom is -0.453 e. The second-order valence-corrected chi connectivity index (χ2v) is 8.91. The molecule has 1 saturated heterocycles. The number of nitrogens with zero attached hydrogens (tertiary/aromatic N) is 3. The molecule has 37 heavy (non-hydrogen) atoms. The summed E-state index contributed by atoms with van der Waals surface area (Å²) in [4.78, 5) is 36.4. The normalized spacial score (nSPS) is 19.2. The number of carbonyl (C=O) groups is 2. The summed E-state index contributed by atoms with van der Waals surface area (Å²) in [5, 5.41) is 14.9. The Balaban J connectivity index is 1.46. The van der Waals surface area contributed by atoms with E-state index in [2.05, 4.69) is 24.9 Å². The van der Waals surface area contributed by atoms with Gasteiger partial charge in [0.25, 0.3) is 5.91 Å². The van der Waals surface area contributed by atoms with Gasteiger partial charge in [0.05, 0.1) is 31.4 Å². The minimum atomic E-state index is -1.78. The predicted octanol–water partition coefficient (Wildman–Crippen LogP) is 3.43. The van der Waals surface area contributed by atoms with E-state index in [4.69, 9.17) is 4.74 Å². The highest BCUT2D eigenvalue weighted by Crippen LogP contribution is 2.46. The molecule has 1 aromatic heterocycles. The first-order valence-corrected chi connectivity index (χ1v) is 11.9. The lowest BCUT2D eigenvalue weighted by atomic mass is 9.93. The maximum Gasteiger partial charge on any atom is 0.413 e. The van der Waals surface area contributed by atoms with Gasteiger partial charge in [-0.3, -0.25) is 15.0 Å². The molecule has 0 radical (unpaired) electrons. The molecule has 3 heterocycles. The van der Waals surface area contributed by atoms with Gasteiger partial charge >= 0.3 is 6.09 Å². The zero-order chi connectivity index (χ0) is 25.6. The summed E-state index contributed by atoms with van der Waals surface area (Å²) in [6.07, 6.45) is -0.653. The summed E-state index contributed by atoms with van der Waals surface area (Å²) >= 11 is 0. The first kappa shape index (κ1) is 23.0. The quantitative estimate of drug-likeness (QED) is 0.394. The standard InChI is InChI=1S/C27H25N5O5/c1-36-26(34)30-25-28-22-10-9-17(15-23(22)29-25)27(35)21-8-3-2-7-20(21)24(33)32(27)19-6-4-5-18(16-19)31-11-13-37-14-12-31/h2-10,15-16,35H,11-14H2,1H3,(H2,28,29,30,34). The molecule has 2 aliphatic heterocycles. The van der Waals surface area contributed by atoms with E-state index in [1.165, 1.54) is 12.0 Å². The zero-order valence-electron chi connectivity index (χ0n) is 20.1. The lowest BCUT2D eigenvalue weighted by Crippen LogP contribution is -2.45. The highest BCUT2D eigenvalue weighted by molar-refractivity contribution is 6.12. The van der Waals surface area contributed by atoms with Crippen molar-refractivity contribution < 1.29 is 24.2 Å². The van der Waals surface area contributed by atoms with Crippen molar-refractivity contribution in [3.63, 3.8) is 0 Å². The second-order valence-electron chi connectivity index (χ2n) is 8.91. The van der Waals surface area contributed by atoms with Crippen LogP contribution >= 0.6 is 0 Å². The van der Waals surface area contributed by atoms with Crippen LogP contribution in [0, 0.1) is 0 Å². The van der Waals surface area contributed by atoms with Crippen LogP contribution in [-0.4, -0.2) is 60.5 Å². The number of hydrogen-bond acceptors (Lipinski definition) is 7. The SMILES string of the molecule is COC(=O)Nc1nc2cc(C3(O)c4ccccc4C(=O)N3c3cccc(N4CCOCC4)c3)ccc2[nH]1. The number of morpholine rings is 1. The molecule has 10 heteroatoms. The van der Waals surface area contributed by atoms with Crippen LogP contribution in [0.15, 0.2) is 66.7 Å². The Hall–Kier alpha value is -4.41. The molecular weight excluding hydrogens is 474 g/mol. The minimum absolute atomic E-state index is 0.212. The lowest BCUT2D eigenvalue weighted by molar-refractivity contribution is 0.0704. The lowest BCUT2D eigenvalue weighted by Gasteiger charge is -2.36. The number of methoxy groups -OCH3 is 1. The summed E-state index contributed by atoms with van der Waals surface area (Å²) in [6, 6.07) is 19.9. The Kier molecular flexibility index (Phi) is 5.54. The number of aliphatic hydroxyl groups is 1. The first-order chi connectivity index (χ1) is 18.0. The van der Waals surface area contributed by atoms with E-state index in [1.807, 2.05) is 24.3 Å². The van der Waals surface area contributed by atoms with Crippen LogP contribution in [0.1, 0.15) is 21.5 Å². The fourth-order valence-corrected chi connectivity index (χ4v) is 5.03.